The molecule has 0 heterocycles. The lowest BCUT2D eigenvalue weighted by Gasteiger charge is -2.16. The van der Waals surface area contributed by atoms with Crippen molar-refractivity contribution in [2.75, 3.05) is 10.6 Å². The van der Waals surface area contributed by atoms with Crippen LogP contribution in [0.15, 0.2) is 36.4 Å². The SMILES string of the molecule is CC(=O)Nc1ccc(C)c(NC(=O)N[C@H]2CCc3c(O)cccc32)c1. The Kier molecular flexibility index (Phi) is 4.61. The lowest BCUT2D eigenvalue weighted by molar-refractivity contribution is -0.114. The minimum atomic E-state index is -0.315. The Hall–Kier alpha value is -3.02. The van der Waals surface area contributed by atoms with Crippen LogP contribution >= 0.6 is 0 Å². The quantitative estimate of drug-likeness (QED) is 0.690. The molecule has 0 fully saturated rings. The van der Waals surface area contributed by atoms with Gasteiger partial charge in [-0.1, -0.05) is 18.2 Å². The van der Waals surface area contributed by atoms with Gasteiger partial charge >= 0.3 is 6.03 Å². The summed E-state index contributed by atoms with van der Waals surface area (Å²) >= 11 is 0. The van der Waals surface area contributed by atoms with Crippen LogP contribution in [0.2, 0.25) is 0 Å². The lowest BCUT2D eigenvalue weighted by Crippen LogP contribution is -2.31. The number of aromatic hydroxyl groups is 1. The van der Waals surface area contributed by atoms with Crippen LogP contribution in [-0.2, 0) is 11.2 Å². The van der Waals surface area contributed by atoms with E-state index in [-0.39, 0.29) is 23.7 Å². The summed E-state index contributed by atoms with van der Waals surface area (Å²) in [4.78, 5) is 23.6. The monoisotopic (exact) mass is 339 g/mol. The minimum Gasteiger partial charge on any atom is -0.508 e. The zero-order valence-electron chi connectivity index (χ0n) is 14.2. The molecule has 6 nitrogen and oxygen atoms in total. The number of hydrogen-bond acceptors (Lipinski definition) is 3. The molecule has 6 heteroatoms. The van der Waals surface area contributed by atoms with E-state index in [4.69, 9.17) is 0 Å². The van der Waals surface area contributed by atoms with Gasteiger partial charge in [0, 0.05) is 18.3 Å². The Morgan fingerprint density at radius 1 is 1.16 bits per heavy atom. The predicted molar refractivity (Wildman–Crippen MR) is 96.8 cm³/mol. The molecular weight excluding hydrogens is 318 g/mol. The Bertz CT molecular complexity index is 833. The Morgan fingerprint density at radius 2 is 1.96 bits per heavy atom. The zero-order chi connectivity index (χ0) is 18.0. The fraction of sp³-hybridized carbons (Fsp3) is 0.263. The Morgan fingerprint density at radius 3 is 2.72 bits per heavy atom. The van der Waals surface area contributed by atoms with Gasteiger partial charge in [-0.05, 0) is 54.7 Å². The first-order chi connectivity index (χ1) is 11.9. The van der Waals surface area contributed by atoms with Crippen LogP contribution in [0.4, 0.5) is 16.2 Å². The van der Waals surface area contributed by atoms with Crippen molar-refractivity contribution in [3.05, 3.63) is 53.1 Å². The fourth-order valence-electron chi connectivity index (χ4n) is 3.14. The van der Waals surface area contributed by atoms with Crippen molar-refractivity contribution in [1.82, 2.24) is 5.32 Å². The van der Waals surface area contributed by atoms with Gasteiger partial charge in [-0.3, -0.25) is 4.79 Å². The second-order valence-electron chi connectivity index (χ2n) is 6.25. The summed E-state index contributed by atoms with van der Waals surface area (Å²) < 4.78 is 0. The molecule has 0 saturated heterocycles. The molecule has 3 rings (SSSR count). The number of phenols is 1. The summed E-state index contributed by atoms with van der Waals surface area (Å²) in [6, 6.07) is 10.3. The van der Waals surface area contributed by atoms with Crippen LogP contribution < -0.4 is 16.0 Å². The molecule has 1 aliphatic rings. The standard InChI is InChI=1S/C19H21N3O3/c1-11-6-7-13(20-12(2)23)10-17(11)22-19(25)21-16-9-8-15-14(16)4-3-5-18(15)24/h3-7,10,16,24H,8-9H2,1-2H3,(H,20,23)(H2,21,22,25)/t16-/m0/s1. The van der Waals surface area contributed by atoms with Gasteiger partial charge in [0.1, 0.15) is 5.75 Å². The van der Waals surface area contributed by atoms with Gasteiger partial charge in [0.25, 0.3) is 0 Å². The first kappa shape index (κ1) is 16.8. The summed E-state index contributed by atoms with van der Waals surface area (Å²) in [5, 5.41) is 18.4. The van der Waals surface area contributed by atoms with E-state index in [2.05, 4.69) is 16.0 Å². The van der Waals surface area contributed by atoms with E-state index >= 15 is 0 Å². The molecule has 1 aliphatic carbocycles. The lowest BCUT2D eigenvalue weighted by atomic mass is 10.1. The van der Waals surface area contributed by atoms with Gasteiger partial charge in [-0.15, -0.1) is 0 Å². The fourth-order valence-corrected chi connectivity index (χ4v) is 3.14. The summed E-state index contributed by atoms with van der Waals surface area (Å²) in [5.41, 5.74) is 4.02. The van der Waals surface area contributed by atoms with Crippen molar-refractivity contribution >= 4 is 23.3 Å². The van der Waals surface area contributed by atoms with Crippen molar-refractivity contribution in [3.8, 4) is 5.75 Å². The molecule has 0 spiro atoms. The van der Waals surface area contributed by atoms with Crippen molar-refractivity contribution in [2.24, 2.45) is 0 Å². The van der Waals surface area contributed by atoms with Crippen molar-refractivity contribution in [2.45, 2.75) is 32.7 Å². The topological polar surface area (TPSA) is 90.5 Å². The van der Waals surface area contributed by atoms with Gasteiger partial charge in [0.15, 0.2) is 0 Å². The summed E-state index contributed by atoms with van der Waals surface area (Å²) in [6.45, 7) is 3.32. The largest absolute Gasteiger partial charge is 0.508 e. The van der Waals surface area contributed by atoms with Gasteiger partial charge in [-0.25, -0.2) is 4.79 Å². The molecule has 2 aromatic carbocycles. The molecule has 25 heavy (non-hydrogen) atoms. The van der Waals surface area contributed by atoms with E-state index in [1.807, 2.05) is 19.1 Å². The summed E-state index contributed by atoms with van der Waals surface area (Å²) in [7, 11) is 0. The number of nitrogens with one attached hydrogen (secondary N) is 3. The average molecular weight is 339 g/mol. The summed E-state index contributed by atoms with van der Waals surface area (Å²) in [6.07, 6.45) is 1.50. The van der Waals surface area contributed by atoms with Crippen LogP contribution in [0.5, 0.6) is 5.75 Å². The van der Waals surface area contributed by atoms with Gasteiger partial charge in [0.2, 0.25) is 5.91 Å². The van der Waals surface area contributed by atoms with Gasteiger partial charge in [0.05, 0.1) is 6.04 Å². The number of hydrogen-bond donors (Lipinski definition) is 4. The molecule has 4 N–H and O–H groups in total. The highest BCUT2D eigenvalue weighted by molar-refractivity contribution is 5.93. The highest BCUT2D eigenvalue weighted by Gasteiger charge is 2.26. The predicted octanol–water partition coefficient (Wildman–Crippen LogP) is 3.47. The third-order valence-electron chi connectivity index (χ3n) is 4.36. The normalized spacial score (nSPS) is 15.4. The number of carbonyl (C=O) groups is 2. The van der Waals surface area contributed by atoms with E-state index in [0.29, 0.717) is 11.4 Å². The Balaban J connectivity index is 1.70. The molecule has 130 valence electrons. The van der Waals surface area contributed by atoms with Crippen LogP contribution in [0.25, 0.3) is 0 Å². The molecule has 0 unspecified atom stereocenters. The number of amides is 3. The van der Waals surface area contributed by atoms with E-state index < -0.39 is 0 Å². The number of aryl methyl sites for hydroxylation is 1. The van der Waals surface area contributed by atoms with Crippen molar-refractivity contribution in [1.29, 1.82) is 0 Å². The number of anilines is 2. The van der Waals surface area contributed by atoms with Crippen LogP contribution in [0.3, 0.4) is 0 Å². The molecule has 0 radical (unpaired) electrons. The second kappa shape index (κ2) is 6.84. The third-order valence-corrected chi connectivity index (χ3v) is 4.36. The number of fused-ring (bicyclic) bond motifs is 1. The molecule has 3 amide bonds. The first-order valence-corrected chi connectivity index (χ1v) is 8.20. The van der Waals surface area contributed by atoms with Crippen LogP contribution in [0.1, 0.15) is 36.1 Å². The highest BCUT2D eigenvalue weighted by atomic mass is 16.3. The molecule has 0 aliphatic heterocycles. The maximum absolute atomic E-state index is 12.4. The van der Waals surface area contributed by atoms with Crippen molar-refractivity contribution in [3.63, 3.8) is 0 Å². The maximum Gasteiger partial charge on any atom is 0.319 e. The smallest absolute Gasteiger partial charge is 0.319 e. The number of rotatable bonds is 3. The number of urea groups is 1. The molecule has 0 bridgehead atoms. The van der Waals surface area contributed by atoms with Crippen molar-refractivity contribution < 1.29 is 14.7 Å². The minimum absolute atomic E-state index is 0.124. The maximum atomic E-state index is 12.4. The molecular formula is C19H21N3O3. The summed E-state index contributed by atoms with van der Waals surface area (Å²) in [5.74, 6) is 0.114. The average Bonchev–Trinajstić information content (AvgIpc) is 2.94. The molecule has 0 aromatic heterocycles. The number of phenolic OH excluding ortho intramolecular Hbond substituents is 1. The van der Waals surface area contributed by atoms with Crippen LogP contribution in [-0.4, -0.2) is 17.0 Å². The third kappa shape index (κ3) is 3.74. The van der Waals surface area contributed by atoms with Gasteiger partial charge < -0.3 is 21.1 Å². The van der Waals surface area contributed by atoms with E-state index in [9.17, 15) is 14.7 Å². The van der Waals surface area contributed by atoms with E-state index in [1.165, 1.54) is 6.92 Å². The number of carbonyl (C=O) groups excluding carboxylic acids is 2. The molecule has 0 saturated carbocycles. The first-order valence-electron chi connectivity index (χ1n) is 8.20. The second-order valence-corrected chi connectivity index (χ2v) is 6.25. The zero-order valence-corrected chi connectivity index (χ0v) is 14.2. The number of benzene rings is 2. The van der Waals surface area contributed by atoms with Crippen LogP contribution in [0, 0.1) is 6.92 Å². The molecule has 2 aromatic rings. The van der Waals surface area contributed by atoms with E-state index in [1.54, 1.807) is 24.3 Å². The molecule has 1 atom stereocenters. The Labute approximate surface area is 146 Å². The highest BCUT2D eigenvalue weighted by Crippen LogP contribution is 2.36. The van der Waals surface area contributed by atoms with E-state index in [0.717, 1.165) is 29.5 Å². The van der Waals surface area contributed by atoms with Gasteiger partial charge in [-0.2, -0.15) is 0 Å².